The first kappa shape index (κ1) is 17.5. The molecule has 1 N–H and O–H groups in total. The van der Waals surface area contributed by atoms with Gasteiger partial charge < -0.3 is 14.7 Å². The van der Waals surface area contributed by atoms with Gasteiger partial charge in [0.1, 0.15) is 0 Å². The molecule has 2 aromatic rings. The van der Waals surface area contributed by atoms with Crippen LogP contribution in [0.5, 0.6) is 0 Å². The number of carbonyl (C=O) groups is 1. The predicted octanol–water partition coefficient (Wildman–Crippen LogP) is 2.67. The van der Waals surface area contributed by atoms with E-state index in [2.05, 4.69) is 14.9 Å². The third-order valence-electron chi connectivity index (χ3n) is 4.64. The Morgan fingerprint density at radius 2 is 2.04 bits per heavy atom. The summed E-state index contributed by atoms with van der Waals surface area (Å²) in [7, 11) is 1.73. The lowest BCUT2D eigenvalue weighted by atomic mass is 9.91. The van der Waals surface area contributed by atoms with E-state index in [0.717, 1.165) is 56.0 Å². The van der Waals surface area contributed by atoms with Gasteiger partial charge in [0.15, 0.2) is 0 Å². The molecule has 0 aliphatic carbocycles. The van der Waals surface area contributed by atoms with E-state index in [1.165, 1.54) is 0 Å². The molecule has 1 aromatic carbocycles. The van der Waals surface area contributed by atoms with Crippen LogP contribution in [0.1, 0.15) is 34.8 Å². The summed E-state index contributed by atoms with van der Waals surface area (Å²) in [6, 6.07) is 6.84. The predicted molar refractivity (Wildman–Crippen MR) is 94.7 cm³/mol. The number of nitrogens with zero attached hydrogens (tertiary/aromatic N) is 3. The zero-order chi connectivity index (χ0) is 17.6. The van der Waals surface area contributed by atoms with Crippen molar-refractivity contribution >= 4 is 5.97 Å². The summed E-state index contributed by atoms with van der Waals surface area (Å²) in [5.41, 5.74) is 3.02. The van der Waals surface area contributed by atoms with Gasteiger partial charge in [-0.1, -0.05) is 12.1 Å². The van der Waals surface area contributed by atoms with Crippen LogP contribution in [0.4, 0.5) is 0 Å². The molecule has 1 unspecified atom stereocenters. The first-order chi connectivity index (χ1) is 12.2. The molecule has 132 valence electrons. The Bertz CT molecular complexity index is 718. The number of ether oxygens (including phenoxy) is 1. The summed E-state index contributed by atoms with van der Waals surface area (Å²) < 4.78 is 5.19. The summed E-state index contributed by atoms with van der Waals surface area (Å²) in [5.74, 6) is -0.597. The van der Waals surface area contributed by atoms with Gasteiger partial charge in [-0.15, -0.1) is 0 Å². The van der Waals surface area contributed by atoms with Crippen molar-refractivity contribution in [1.29, 1.82) is 0 Å². The molecular weight excluding hydrogens is 318 g/mol. The van der Waals surface area contributed by atoms with E-state index < -0.39 is 5.97 Å². The normalized spacial score (nSPS) is 18.2. The average molecular weight is 341 g/mol. The third-order valence-corrected chi connectivity index (χ3v) is 4.64. The van der Waals surface area contributed by atoms with E-state index in [9.17, 15) is 4.79 Å². The second-order valence-corrected chi connectivity index (χ2v) is 6.31. The fourth-order valence-electron chi connectivity index (χ4n) is 3.34. The minimum atomic E-state index is -0.924. The van der Waals surface area contributed by atoms with E-state index >= 15 is 0 Å². The minimum absolute atomic E-state index is 0.276. The highest BCUT2D eigenvalue weighted by Gasteiger charge is 2.25. The van der Waals surface area contributed by atoms with E-state index in [0.29, 0.717) is 5.92 Å². The number of hydrogen-bond donors (Lipinski definition) is 1. The molecule has 25 heavy (non-hydrogen) atoms. The lowest BCUT2D eigenvalue weighted by Gasteiger charge is -2.32. The number of aromatic carboxylic acids is 1. The molecule has 0 radical (unpaired) electrons. The Morgan fingerprint density at radius 1 is 1.28 bits per heavy atom. The Labute approximate surface area is 147 Å². The smallest absolute Gasteiger partial charge is 0.335 e. The third kappa shape index (κ3) is 4.21. The molecule has 0 saturated carbocycles. The lowest BCUT2D eigenvalue weighted by molar-refractivity contribution is 0.0697. The number of rotatable bonds is 6. The molecule has 1 aliphatic heterocycles. The second-order valence-electron chi connectivity index (χ2n) is 6.31. The first-order valence-corrected chi connectivity index (χ1v) is 8.55. The monoisotopic (exact) mass is 341 g/mol. The molecular formula is C19H23N3O3. The second kappa shape index (κ2) is 8.18. The van der Waals surface area contributed by atoms with Gasteiger partial charge in [-0.2, -0.15) is 0 Å². The van der Waals surface area contributed by atoms with Crippen LogP contribution >= 0.6 is 0 Å². The summed E-state index contributed by atoms with van der Waals surface area (Å²) in [6.07, 6.45) is 5.64. The minimum Gasteiger partial charge on any atom is -0.478 e. The number of carboxylic acid groups (broad SMARTS) is 1. The summed E-state index contributed by atoms with van der Waals surface area (Å²) in [5, 5.41) is 9.06. The van der Waals surface area contributed by atoms with E-state index in [1.54, 1.807) is 31.6 Å². The Kier molecular flexibility index (Phi) is 5.73. The zero-order valence-electron chi connectivity index (χ0n) is 14.4. The number of hydrogen-bond acceptors (Lipinski definition) is 5. The fourth-order valence-corrected chi connectivity index (χ4v) is 3.34. The van der Waals surface area contributed by atoms with Crippen LogP contribution in [0, 0.1) is 0 Å². The molecule has 1 aliphatic rings. The van der Waals surface area contributed by atoms with E-state index in [1.807, 2.05) is 12.1 Å². The number of carboxylic acids is 1. The Morgan fingerprint density at radius 3 is 2.76 bits per heavy atom. The lowest BCUT2D eigenvalue weighted by Crippen LogP contribution is -2.37. The molecule has 6 nitrogen and oxygen atoms in total. The van der Waals surface area contributed by atoms with Gasteiger partial charge in [-0.25, -0.2) is 4.79 Å². The topological polar surface area (TPSA) is 75.5 Å². The van der Waals surface area contributed by atoms with Gasteiger partial charge >= 0.3 is 5.97 Å². The van der Waals surface area contributed by atoms with Crippen LogP contribution < -0.4 is 0 Å². The maximum absolute atomic E-state index is 11.0. The standard InChI is InChI=1S/C19H23N3O3/c1-25-12-11-22-10-2-3-16(13-22)18-17(20-8-9-21-18)14-4-6-15(7-5-14)19(23)24/h4-9,16H,2-3,10-13H2,1H3,(H,23,24). The molecule has 2 heterocycles. The molecule has 1 saturated heterocycles. The summed E-state index contributed by atoms with van der Waals surface area (Å²) >= 11 is 0. The largest absolute Gasteiger partial charge is 0.478 e. The van der Waals surface area contributed by atoms with Crippen molar-refractivity contribution in [3.8, 4) is 11.3 Å². The number of methoxy groups -OCH3 is 1. The van der Waals surface area contributed by atoms with Crippen molar-refractivity contribution in [2.75, 3.05) is 33.4 Å². The number of likely N-dealkylation sites (tertiary alicyclic amines) is 1. The molecule has 0 bridgehead atoms. The Hall–Kier alpha value is -2.31. The van der Waals surface area contributed by atoms with Gasteiger partial charge in [0, 0.05) is 44.1 Å². The molecule has 6 heteroatoms. The van der Waals surface area contributed by atoms with Crippen molar-refractivity contribution in [2.45, 2.75) is 18.8 Å². The van der Waals surface area contributed by atoms with Gasteiger partial charge in [-0.3, -0.25) is 9.97 Å². The van der Waals surface area contributed by atoms with Gasteiger partial charge in [0.2, 0.25) is 0 Å². The van der Waals surface area contributed by atoms with Crippen LogP contribution in [0.2, 0.25) is 0 Å². The number of piperidine rings is 1. The number of aromatic nitrogens is 2. The fraction of sp³-hybridized carbons (Fsp3) is 0.421. The van der Waals surface area contributed by atoms with Crippen molar-refractivity contribution in [3.63, 3.8) is 0 Å². The molecule has 0 amide bonds. The maximum atomic E-state index is 11.0. The molecule has 1 atom stereocenters. The summed E-state index contributed by atoms with van der Waals surface area (Å²) in [6.45, 7) is 3.69. The van der Waals surface area contributed by atoms with Crippen LogP contribution in [-0.2, 0) is 4.74 Å². The first-order valence-electron chi connectivity index (χ1n) is 8.55. The molecule has 0 spiro atoms. The van der Waals surface area contributed by atoms with E-state index in [-0.39, 0.29) is 5.56 Å². The van der Waals surface area contributed by atoms with Crippen LogP contribution in [-0.4, -0.2) is 59.3 Å². The molecule has 1 fully saturated rings. The van der Waals surface area contributed by atoms with Crippen molar-refractivity contribution < 1.29 is 14.6 Å². The molecule has 1 aromatic heterocycles. The summed E-state index contributed by atoms with van der Waals surface area (Å²) in [4.78, 5) is 22.6. The van der Waals surface area contributed by atoms with Crippen molar-refractivity contribution in [3.05, 3.63) is 47.9 Å². The SMILES string of the molecule is COCCN1CCCC(c2nccnc2-c2ccc(C(=O)O)cc2)C1. The van der Waals surface area contributed by atoms with Gasteiger partial charge in [0.05, 0.1) is 23.6 Å². The van der Waals surface area contributed by atoms with Gasteiger partial charge in [0.25, 0.3) is 0 Å². The number of benzene rings is 1. The van der Waals surface area contributed by atoms with Crippen LogP contribution in [0.15, 0.2) is 36.7 Å². The highest BCUT2D eigenvalue weighted by atomic mass is 16.5. The zero-order valence-corrected chi connectivity index (χ0v) is 14.4. The molecule has 3 rings (SSSR count). The highest BCUT2D eigenvalue weighted by Crippen LogP contribution is 2.31. The Balaban J connectivity index is 1.84. The van der Waals surface area contributed by atoms with Crippen LogP contribution in [0.3, 0.4) is 0 Å². The van der Waals surface area contributed by atoms with Gasteiger partial charge in [-0.05, 0) is 31.5 Å². The van der Waals surface area contributed by atoms with Crippen molar-refractivity contribution in [2.24, 2.45) is 0 Å². The van der Waals surface area contributed by atoms with Crippen LogP contribution in [0.25, 0.3) is 11.3 Å². The average Bonchev–Trinajstić information content (AvgIpc) is 2.66. The highest BCUT2D eigenvalue weighted by molar-refractivity contribution is 5.88. The van der Waals surface area contributed by atoms with E-state index in [4.69, 9.17) is 9.84 Å². The maximum Gasteiger partial charge on any atom is 0.335 e. The van der Waals surface area contributed by atoms with Crippen molar-refractivity contribution in [1.82, 2.24) is 14.9 Å². The quantitative estimate of drug-likeness (QED) is 0.870.